The molecule has 1 fully saturated rings. The predicted molar refractivity (Wildman–Crippen MR) is 119 cm³/mol. The summed E-state index contributed by atoms with van der Waals surface area (Å²) < 4.78 is 10.7. The molecule has 0 unspecified atom stereocenters. The molecular weight excluding hydrogens is 408 g/mol. The van der Waals surface area contributed by atoms with Gasteiger partial charge in [0, 0.05) is 36.3 Å². The van der Waals surface area contributed by atoms with Crippen molar-refractivity contribution in [2.45, 2.75) is 19.8 Å². The molecule has 1 saturated heterocycles. The minimum Gasteiger partial charge on any atom is -0.454 e. The Bertz CT molecular complexity index is 1150. The Hall–Kier alpha value is -3.81. The minimum atomic E-state index is -0.144. The quantitative estimate of drug-likeness (QED) is 0.657. The van der Waals surface area contributed by atoms with Crippen LogP contribution in [0.15, 0.2) is 48.5 Å². The Kier molecular flexibility index (Phi) is 5.26. The summed E-state index contributed by atoms with van der Waals surface area (Å²) in [6, 6.07) is 15.2. The largest absolute Gasteiger partial charge is 0.454 e. The molecule has 8 nitrogen and oxygen atoms in total. The van der Waals surface area contributed by atoms with Gasteiger partial charge >= 0.3 is 0 Å². The summed E-state index contributed by atoms with van der Waals surface area (Å²) in [4.78, 5) is 27.4. The first-order valence-corrected chi connectivity index (χ1v) is 10.7. The van der Waals surface area contributed by atoms with Gasteiger partial charge in [0.1, 0.15) is 5.69 Å². The van der Waals surface area contributed by atoms with Crippen molar-refractivity contribution in [3.63, 3.8) is 0 Å². The Morgan fingerprint density at radius 3 is 2.56 bits per heavy atom. The number of aryl methyl sites for hydroxylation is 1. The van der Waals surface area contributed by atoms with Crippen molar-refractivity contribution in [2.24, 2.45) is 5.92 Å². The first kappa shape index (κ1) is 20.1. The molecule has 164 valence electrons. The number of benzene rings is 2. The average Bonchev–Trinajstić information content (AvgIpc) is 3.49. The van der Waals surface area contributed by atoms with E-state index < -0.39 is 0 Å². The number of piperidine rings is 1. The molecule has 0 bridgehead atoms. The minimum absolute atomic E-state index is 0.0424. The fourth-order valence-electron chi connectivity index (χ4n) is 4.04. The normalized spacial score (nSPS) is 15.6. The molecule has 0 aliphatic carbocycles. The van der Waals surface area contributed by atoms with E-state index in [4.69, 9.17) is 9.47 Å². The number of hydrogen-bond acceptors (Lipinski definition) is 5. The highest BCUT2D eigenvalue weighted by atomic mass is 16.7. The maximum absolute atomic E-state index is 12.9. The van der Waals surface area contributed by atoms with Crippen LogP contribution in [0.5, 0.6) is 11.5 Å². The molecule has 2 aliphatic heterocycles. The molecule has 0 saturated carbocycles. The van der Waals surface area contributed by atoms with Crippen molar-refractivity contribution >= 4 is 17.5 Å². The van der Waals surface area contributed by atoms with Crippen LogP contribution >= 0.6 is 0 Å². The number of carbonyl (C=O) groups is 2. The lowest BCUT2D eigenvalue weighted by Gasteiger charge is -2.31. The van der Waals surface area contributed by atoms with Crippen LogP contribution in [0.3, 0.4) is 0 Å². The van der Waals surface area contributed by atoms with Gasteiger partial charge in [0.25, 0.3) is 5.91 Å². The zero-order valence-corrected chi connectivity index (χ0v) is 17.8. The summed E-state index contributed by atoms with van der Waals surface area (Å²) in [5.41, 5.74) is 4.02. The van der Waals surface area contributed by atoms with E-state index in [0.29, 0.717) is 48.8 Å². The highest BCUT2D eigenvalue weighted by Gasteiger charge is 2.29. The summed E-state index contributed by atoms with van der Waals surface area (Å²) in [5, 5.41) is 10.1. The number of fused-ring (bicyclic) bond motifs is 1. The van der Waals surface area contributed by atoms with E-state index >= 15 is 0 Å². The SMILES string of the molecule is Cc1ccc(-c2cc(C(=O)N3CCC(C(=O)Nc4ccc5c(c4)OCO5)CC3)[nH]n2)cc1. The number of rotatable bonds is 4. The number of nitrogens with one attached hydrogen (secondary N) is 2. The van der Waals surface area contributed by atoms with Crippen molar-refractivity contribution < 1.29 is 19.1 Å². The zero-order valence-electron chi connectivity index (χ0n) is 17.8. The number of nitrogens with zero attached hydrogens (tertiary/aromatic N) is 2. The van der Waals surface area contributed by atoms with Gasteiger partial charge in [0.15, 0.2) is 11.5 Å². The highest BCUT2D eigenvalue weighted by molar-refractivity contribution is 5.95. The van der Waals surface area contributed by atoms with E-state index in [-0.39, 0.29) is 24.5 Å². The van der Waals surface area contributed by atoms with Crippen molar-refractivity contribution in [1.29, 1.82) is 0 Å². The van der Waals surface area contributed by atoms with Crippen molar-refractivity contribution in [3.8, 4) is 22.8 Å². The lowest BCUT2D eigenvalue weighted by Crippen LogP contribution is -2.41. The number of ether oxygens (including phenoxy) is 2. The number of aromatic amines is 1. The van der Waals surface area contributed by atoms with Crippen LogP contribution < -0.4 is 14.8 Å². The van der Waals surface area contributed by atoms with Crippen molar-refractivity contribution in [3.05, 3.63) is 59.8 Å². The van der Waals surface area contributed by atoms with Crippen LogP contribution in [0.1, 0.15) is 28.9 Å². The van der Waals surface area contributed by atoms with Gasteiger partial charge < -0.3 is 19.7 Å². The number of aromatic nitrogens is 2. The number of amides is 2. The summed E-state index contributed by atoms with van der Waals surface area (Å²) in [5.74, 6) is 1.03. The van der Waals surface area contributed by atoms with Gasteiger partial charge in [-0.1, -0.05) is 29.8 Å². The molecule has 32 heavy (non-hydrogen) atoms. The molecule has 0 atom stereocenters. The number of hydrogen-bond donors (Lipinski definition) is 2. The third-order valence-corrected chi connectivity index (χ3v) is 5.95. The molecule has 2 aliphatic rings. The third-order valence-electron chi connectivity index (χ3n) is 5.95. The highest BCUT2D eigenvalue weighted by Crippen LogP contribution is 2.34. The second-order valence-electron chi connectivity index (χ2n) is 8.16. The van der Waals surface area contributed by atoms with Gasteiger partial charge in [-0.3, -0.25) is 14.7 Å². The van der Waals surface area contributed by atoms with Gasteiger partial charge in [0.05, 0.1) is 5.69 Å². The molecule has 3 heterocycles. The van der Waals surface area contributed by atoms with Crippen molar-refractivity contribution in [2.75, 3.05) is 25.2 Å². The first-order valence-electron chi connectivity index (χ1n) is 10.7. The van der Waals surface area contributed by atoms with Crippen LogP contribution in [0, 0.1) is 12.8 Å². The third kappa shape index (κ3) is 4.03. The maximum Gasteiger partial charge on any atom is 0.271 e. The van der Waals surface area contributed by atoms with E-state index in [1.165, 1.54) is 5.56 Å². The molecular formula is C24H24N4O4. The van der Waals surface area contributed by atoms with Crippen LogP contribution in [-0.4, -0.2) is 46.8 Å². The second-order valence-corrected chi connectivity index (χ2v) is 8.16. The van der Waals surface area contributed by atoms with E-state index in [2.05, 4.69) is 15.5 Å². The lowest BCUT2D eigenvalue weighted by atomic mass is 9.95. The van der Waals surface area contributed by atoms with Gasteiger partial charge in [-0.05, 0) is 38.0 Å². The van der Waals surface area contributed by atoms with E-state index in [0.717, 1.165) is 11.3 Å². The molecule has 3 aromatic rings. The zero-order chi connectivity index (χ0) is 22.1. The topological polar surface area (TPSA) is 96.5 Å². The Morgan fingerprint density at radius 2 is 1.78 bits per heavy atom. The van der Waals surface area contributed by atoms with Crippen LogP contribution in [0.25, 0.3) is 11.3 Å². The summed E-state index contributed by atoms with van der Waals surface area (Å²) in [7, 11) is 0. The van der Waals surface area contributed by atoms with E-state index in [9.17, 15) is 9.59 Å². The number of carbonyl (C=O) groups excluding carboxylic acids is 2. The van der Waals surface area contributed by atoms with Gasteiger partial charge in [-0.15, -0.1) is 0 Å². The maximum atomic E-state index is 12.9. The first-order chi connectivity index (χ1) is 15.6. The number of likely N-dealkylation sites (tertiary alicyclic amines) is 1. The summed E-state index contributed by atoms with van der Waals surface area (Å²) in [6.45, 7) is 3.28. The molecule has 0 spiro atoms. The second kappa shape index (κ2) is 8.37. The molecule has 5 rings (SSSR count). The van der Waals surface area contributed by atoms with Crippen LogP contribution in [0.4, 0.5) is 5.69 Å². The Balaban J connectivity index is 1.17. The number of anilines is 1. The summed E-state index contributed by atoms with van der Waals surface area (Å²) in [6.07, 6.45) is 1.22. The van der Waals surface area contributed by atoms with E-state index in [1.54, 1.807) is 29.2 Å². The predicted octanol–water partition coefficient (Wildman–Crippen LogP) is 3.60. The number of H-pyrrole nitrogens is 1. The van der Waals surface area contributed by atoms with Gasteiger partial charge in [-0.25, -0.2) is 0 Å². The van der Waals surface area contributed by atoms with Crippen LogP contribution in [-0.2, 0) is 4.79 Å². The Labute approximate surface area is 185 Å². The average molecular weight is 432 g/mol. The molecule has 2 aromatic carbocycles. The van der Waals surface area contributed by atoms with Gasteiger partial charge in [0.2, 0.25) is 12.7 Å². The van der Waals surface area contributed by atoms with Crippen molar-refractivity contribution in [1.82, 2.24) is 15.1 Å². The van der Waals surface area contributed by atoms with Crippen LogP contribution in [0.2, 0.25) is 0 Å². The molecule has 1 aromatic heterocycles. The monoisotopic (exact) mass is 432 g/mol. The standard InChI is InChI=1S/C24H24N4O4/c1-15-2-4-16(5-3-15)19-13-20(27-26-19)24(30)28-10-8-17(9-11-28)23(29)25-18-6-7-21-22(12-18)32-14-31-21/h2-7,12-13,17H,8-11,14H2,1H3,(H,25,29)(H,26,27). The fourth-order valence-corrected chi connectivity index (χ4v) is 4.04. The molecule has 0 radical (unpaired) electrons. The summed E-state index contributed by atoms with van der Waals surface area (Å²) >= 11 is 0. The Morgan fingerprint density at radius 1 is 1.03 bits per heavy atom. The van der Waals surface area contributed by atoms with Gasteiger partial charge in [-0.2, -0.15) is 5.10 Å². The molecule has 8 heteroatoms. The fraction of sp³-hybridized carbons (Fsp3) is 0.292. The smallest absolute Gasteiger partial charge is 0.271 e. The van der Waals surface area contributed by atoms with E-state index in [1.807, 2.05) is 31.2 Å². The molecule has 2 N–H and O–H groups in total. The molecule has 2 amide bonds. The lowest BCUT2D eigenvalue weighted by molar-refractivity contribution is -0.121.